The van der Waals surface area contributed by atoms with Gasteiger partial charge in [-0.1, -0.05) is 75.2 Å². The highest BCUT2D eigenvalue weighted by atomic mass is 35.5. The number of methoxy groups -OCH3 is 2. The number of carbonyl (C=O) groups is 9. The first-order valence-electron chi connectivity index (χ1n) is 28.2. The number of halogens is 1. The van der Waals surface area contributed by atoms with Crippen molar-refractivity contribution in [1.82, 2.24) is 20.4 Å². The molecule has 0 unspecified atom stereocenters. The molecule has 0 spiro atoms. The lowest BCUT2D eigenvalue weighted by Crippen LogP contribution is -2.53. The van der Waals surface area contributed by atoms with Crippen LogP contribution in [0, 0.1) is 17.8 Å². The van der Waals surface area contributed by atoms with E-state index in [0.717, 1.165) is 11.1 Å². The van der Waals surface area contributed by atoms with Crippen molar-refractivity contribution < 1.29 is 76.7 Å². The zero-order valence-electron chi connectivity index (χ0n) is 50.2. The van der Waals surface area contributed by atoms with E-state index in [0.29, 0.717) is 35.5 Å². The Bertz CT molecular complexity index is 2790. The van der Waals surface area contributed by atoms with Crippen LogP contribution < -0.4 is 31.3 Å². The molecule has 3 aliphatic heterocycles. The standard InChI is InChI=1S/C60H84ClN7O16/c1-13-48(70)65-53(34(2)3)43(69)29-40(17-15-24-63-57(62)76)55(74)64-41-21-19-38(20-22-41)33-81-58(77)66(8)25-23-49(71)67(9)37(6)56(75)83-47-30-50(72)68(10)42-27-39(28-44(79-11)52(42)61)26-35(4)16-14-18-46(80-12)60(78)31-45(82-51(73)32-60)36(5)54-59(47,7)84-54/h14,16,18-22,27-28,34,36-37,40,45-47,53-54,78H,13,15,17,23-26,29-33H2,1-12H3,(H,64,74)(H,65,70)(H3,62,63,76)/b18-14+,35-16+/t36-,37+,40-,45+,46-,47+,53+,54+,59+,60-/m1/s1. The Morgan fingerprint density at radius 1 is 1.04 bits per heavy atom. The van der Waals surface area contributed by atoms with Crippen LogP contribution in [0.1, 0.15) is 111 Å². The van der Waals surface area contributed by atoms with Gasteiger partial charge >= 0.3 is 24.1 Å². The lowest BCUT2D eigenvalue weighted by Gasteiger charge is -2.41. The number of nitrogens with zero attached hydrogens (tertiary/aromatic N) is 3. The van der Waals surface area contributed by atoms with Crippen LogP contribution in [0.2, 0.25) is 5.02 Å². The highest BCUT2D eigenvalue weighted by molar-refractivity contribution is 6.35. The van der Waals surface area contributed by atoms with Crippen molar-refractivity contribution in [3.63, 3.8) is 0 Å². The number of allylic oxidation sites excluding steroid dienone is 3. The molecule has 0 aliphatic carbocycles. The number of benzene rings is 2. The van der Waals surface area contributed by atoms with Crippen molar-refractivity contribution >= 4 is 76.5 Å². The van der Waals surface area contributed by atoms with Gasteiger partial charge in [0.15, 0.2) is 5.78 Å². The summed E-state index contributed by atoms with van der Waals surface area (Å²) in [5.41, 5.74) is 5.20. The summed E-state index contributed by atoms with van der Waals surface area (Å²) in [6.07, 6.45) is 0.886. The number of ether oxygens (including phenoxy) is 6. The van der Waals surface area contributed by atoms with Gasteiger partial charge in [0.05, 0.1) is 37.8 Å². The summed E-state index contributed by atoms with van der Waals surface area (Å²) in [7, 11) is 7.30. The number of hydrogen-bond donors (Lipinski definition) is 5. The number of fused-ring (bicyclic) bond motifs is 5. The first-order chi connectivity index (χ1) is 39.5. The monoisotopic (exact) mass is 1190 g/mol. The maximum absolute atomic E-state index is 14.4. The number of esters is 2. The number of primary amides is 1. The SMILES string of the molecule is CCC(=O)N[C@H](C(=O)C[C@@H](CCCNC(N)=O)C(=O)Nc1ccc(COC(=O)N(C)CCC(=O)N(C)[C@@H](C)C(=O)O[C@H]2CC(=O)N(C)c3cc(cc(OC)c3Cl)C/C(C)=C/C=C/[C@@H](OC)[C@]3(O)CC(=O)O[C@@H](C3)[C@@H](C)[C@@H]3O[C@@]23C)cc1)C(C)C. The Morgan fingerprint density at radius 2 is 1.73 bits per heavy atom. The molecule has 3 aliphatic rings. The molecule has 24 heteroatoms. The smallest absolute Gasteiger partial charge is 0.409 e. The molecule has 2 aromatic rings. The molecular formula is C60H84ClN7O16. The zero-order chi connectivity index (χ0) is 62.4. The molecule has 5 rings (SSSR count). The Labute approximate surface area is 496 Å². The molecule has 84 heavy (non-hydrogen) atoms. The number of aliphatic hydroxyl groups is 1. The third-order valence-corrected chi connectivity index (χ3v) is 16.2. The first-order valence-corrected chi connectivity index (χ1v) is 28.6. The van der Waals surface area contributed by atoms with Crippen molar-refractivity contribution in [3.05, 3.63) is 76.3 Å². The molecule has 0 aromatic heterocycles. The Hall–Kier alpha value is -7.08. The average Bonchev–Trinajstić information content (AvgIpc) is 3.86. The first kappa shape index (κ1) is 67.7. The number of epoxide rings is 1. The van der Waals surface area contributed by atoms with Gasteiger partial charge in [0.2, 0.25) is 23.6 Å². The van der Waals surface area contributed by atoms with Crippen LogP contribution >= 0.6 is 11.6 Å². The van der Waals surface area contributed by atoms with E-state index in [9.17, 15) is 48.3 Å². The number of rotatable bonds is 22. The summed E-state index contributed by atoms with van der Waals surface area (Å²) in [4.78, 5) is 123. The molecular weight excluding hydrogens is 1110 g/mol. The van der Waals surface area contributed by atoms with E-state index in [1.165, 1.54) is 57.0 Å². The maximum Gasteiger partial charge on any atom is 0.409 e. The number of anilines is 2. The third kappa shape index (κ3) is 18.0. The van der Waals surface area contributed by atoms with E-state index in [4.69, 9.17) is 45.8 Å². The van der Waals surface area contributed by atoms with Gasteiger partial charge in [-0.2, -0.15) is 0 Å². The maximum atomic E-state index is 14.4. The average molecular weight is 1190 g/mol. The normalized spacial score (nSPS) is 24.5. The van der Waals surface area contributed by atoms with E-state index < -0.39 is 108 Å². The highest BCUT2D eigenvalue weighted by Crippen LogP contribution is 2.50. The number of nitrogens with one attached hydrogen (secondary N) is 3. The number of amides is 7. The number of carbonyl (C=O) groups excluding carboxylic acids is 9. The van der Waals surface area contributed by atoms with Gasteiger partial charge in [-0.05, 0) is 81.3 Å². The van der Waals surface area contributed by atoms with E-state index in [2.05, 4.69) is 16.0 Å². The minimum absolute atomic E-state index is 0.00861. The third-order valence-electron chi connectivity index (χ3n) is 15.8. The van der Waals surface area contributed by atoms with Gasteiger partial charge in [-0.25, -0.2) is 14.4 Å². The summed E-state index contributed by atoms with van der Waals surface area (Å²) in [5.74, 6) is -4.83. The van der Waals surface area contributed by atoms with Crippen molar-refractivity contribution in [2.45, 2.75) is 161 Å². The van der Waals surface area contributed by atoms with E-state index in [1.807, 2.05) is 13.0 Å². The van der Waals surface area contributed by atoms with E-state index in [-0.39, 0.29) is 80.9 Å². The van der Waals surface area contributed by atoms with Gasteiger partial charge in [-0.15, -0.1) is 0 Å². The summed E-state index contributed by atoms with van der Waals surface area (Å²) in [5, 5.41) is 20.2. The van der Waals surface area contributed by atoms with Crippen molar-refractivity contribution in [1.29, 1.82) is 0 Å². The van der Waals surface area contributed by atoms with Crippen molar-refractivity contribution in [3.8, 4) is 5.75 Å². The predicted octanol–water partition coefficient (Wildman–Crippen LogP) is 5.94. The second-order valence-corrected chi connectivity index (χ2v) is 23.0. The largest absolute Gasteiger partial charge is 0.495 e. The molecule has 4 bridgehead atoms. The van der Waals surface area contributed by atoms with Crippen molar-refractivity contribution in [2.24, 2.45) is 23.5 Å². The minimum atomic E-state index is -1.65. The van der Waals surface area contributed by atoms with Gasteiger partial charge in [0, 0.05) is 84.5 Å². The van der Waals surface area contributed by atoms with Gasteiger partial charge in [-0.3, -0.25) is 28.8 Å². The number of Topliss-reactive ketones (excluding diaryl/α,β-unsaturated/α-hetero) is 1. The number of ketones is 1. The van der Waals surface area contributed by atoms with Crippen LogP contribution in [0.4, 0.5) is 21.0 Å². The van der Waals surface area contributed by atoms with Crippen molar-refractivity contribution in [2.75, 3.05) is 58.7 Å². The number of hydrogen-bond acceptors (Lipinski definition) is 16. The molecule has 3 heterocycles. The summed E-state index contributed by atoms with van der Waals surface area (Å²) in [6, 6.07) is 7.32. The fourth-order valence-electron chi connectivity index (χ4n) is 10.3. The quantitative estimate of drug-likeness (QED) is 0.0395. The molecule has 2 fully saturated rings. The van der Waals surface area contributed by atoms with Crippen LogP contribution in [0.25, 0.3) is 0 Å². The van der Waals surface area contributed by atoms with Gasteiger partial charge in [0.1, 0.15) is 52.9 Å². The van der Waals surface area contributed by atoms with Crippen LogP contribution in [0.5, 0.6) is 5.75 Å². The topological polar surface area (TPSA) is 304 Å². The van der Waals surface area contributed by atoms with Crippen LogP contribution in [-0.4, -0.2) is 165 Å². The molecule has 0 radical (unpaired) electrons. The van der Waals surface area contributed by atoms with E-state index >= 15 is 0 Å². The fourth-order valence-corrected chi connectivity index (χ4v) is 10.6. The Balaban J connectivity index is 1.22. The molecule has 10 atom stereocenters. The molecule has 462 valence electrons. The van der Waals surface area contributed by atoms with Gasteiger partial charge in [0.25, 0.3) is 0 Å². The molecule has 2 saturated heterocycles. The fraction of sp³-hybridized carbons (Fsp3) is 0.583. The Kier molecular flexibility index (Phi) is 24.3. The molecule has 23 nitrogen and oxygen atoms in total. The summed E-state index contributed by atoms with van der Waals surface area (Å²) < 4.78 is 35.2. The molecule has 0 saturated carbocycles. The predicted molar refractivity (Wildman–Crippen MR) is 312 cm³/mol. The number of likely N-dealkylation sites (N-methyl/N-ethyl adjacent to an activating group) is 1. The zero-order valence-corrected chi connectivity index (χ0v) is 51.0. The lowest BCUT2D eigenvalue weighted by atomic mass is 9.78. The molecule has 6 N–H and O–H groups in total. The number of nitrogens with two attached hydrogens (primary N) is 1. The minimum Gasteiger partial charge on any atom is -0.495 e. The number of urea groups is 1. The molecule has 7 amide bonds. The summed E-state index contributed by atoms with van der Waals surface area (Å²) >= 11 is 6.83. The van der Waals surface area contributed by atoms with E-state index in [1.54, 1.807) is 83.2 Å². The van der Waals surface area contributed by atoms with Crippen LogP contribution in [0.15, 0.2) is 60.2 Å². The van der Waals surface area contributed by atoms with Crippen LogP contribution in [-0.2, 0) is 70.3 Å². The Morgan fingerprint density at radius 3 is 2.36 bits per heavy atom. The highest BCUT2D eigenvalue weighted by Gasteiger charge is 2.64. The van der Waals surface area contributed by atoms with Gasteiger partial charge < -0.3 is 69.9 Å². The molecule has 2 aromatic carbocycles. The van der Waals surface area contributed by atoms with Crippen LogP contribution in [0.3, 0.4) is 0 Å². The second kappa shape index (κ2) is 30.1. The summed E-state index contributed by atoms with van der Waals surface area (Å²) in [6.45, 7) is 12.1. The lowest BCUT2D eigenvalue weighted by molar-refractivity contribution is -0.187. The second-order valence-electron chi connectivity index (χ2n) is 22.6.